The smallest absolute Gasteiger partial charge is 0.332 e. The number of imide groups is 1. The molecule has 87 heavy (non-hydrogen) atoms. The lowest BCUT2D eigenvalue weighted by Crippen LogP contribution is -2.62. The number of carbonyl (C=O) groups excluding carboxylic acids is 10. The van der Waals surface area contributed by atoms with Crippen LogP contribution in [0.15, 0.2) is 69.6 Å². The van der Waals surface area contributed by atoms with E-state index in [-0.39, 0.29) is 76.0 Å². The molecule has 0 spiro atoms. The number of benzene rings is 3. The van der Waals surface area contributed by atoms with E-state index in [1.807, 2.05) is 5.32 Å². The summed E-state index contributed by atoms with van der Waals surface area (Å²) in [5.41, 5.74) is 31.2. The Morgan fingerprint density at radius 2 is 0.724 bits per heavy atom. The molecule has 8 amide bonds. The summed E-state index contributed by atoms with van der Waals surface area (Å²) in [6.07, 6.45) is -6.68. The van der Waals surface area contributed by atoms with Crippen molar-refractivity contribution in [1.82, 2.24) is 37.2 Å². The van der Waals surface area contributed by atoms with Crippen molar-refractivity contribution in [2.75, 3.05) is 19.6 Å². The number of cyclic esters (lactones) is 3. The van der Waals surface area contributed by atoms with Gasteiger partial charge in [0.1, 0.15) is 36.4 Å². The third-order valence-electron chi connectivity index (χ3n) is 12.7. The highest BCUT2D eigenvalue weighted by molar-refractivity contribution is 6.07. The van der Waals surface area contributed by atoms with Crippen LogP contribution in [0.2, 0.25) is 0 Å². The first kappa shape index (κ1) is 68.5. The summed E-state index contributed by atoms with van der Waals surface area (Å²) in [6, 6.07) is -2.79. The molecule has 1 heterocycles. The molecule has 1 aliphatic heterocycles. The Kier molecular flexibility index (Phi) is 25.3. The first-order chi connectivity index (χ1) is 41.0. The lowest BCUT2D eigenvalue weighted by molar-refractivity contribution is -0.175. The molecular weight excluding hydrogens is 1150 g/mol. The number of urea groups is 1. The number of nitrogens with one attached hydrogen (secondary N) is 7. The van der Waals surface area contributed by atoms with Crippen molar-refractivity contribution in [1.29, 1.82) is 0 Å². The number of hydrogen-bond acceptors (Lipinski definition) is 22. The number of carbonyl (C=O) groups is 10. The number of aromatic hydroxyl groups is 6. The molecule has 0 aromatic heterocycles. The van der Waals surface area contributed by atoms with Crippen molar-refractivity contribution in [2.24, 2.45) is 49.4 Å². The minimum absolute atomic E-state index is 0.0320. The van der Waals surface area contributed by atoms with E-state index in [0.29, 0.717) is 0 Å². The van der Waals surface area contributed by atoms with Gasteiger partial charge in [-0.3, -0.25) is 49.1 Å². The van der Waals surface area contributed by atoms with Crippen LogP contribution in [-0.4, -0.2) is 182 Å². The molecule has 1 aliphatic rings. The van der Waals surface area contributed by atoms with Crippen molar-refractivity contribution < 1.29 is 92.8 Å². The van der Waals surface area contributed by atoms with Crippen molar-refractivity contribution >= 4 is 77.3 Å². The second-order valence-electron chi connectivity index (χ2n) is 19.3. The monoisotopic (exact) mass is 1220 g/mol. The van der Waals surface area contributed by atoms with E-state index in [1.54, 1.807) is 0 Å². The number of aliphatic imine (C=N–C) groups is 3. The molecule has 35 heteroatoms. The van der Waals surface area contributed by atoms with Gasteiger partial charge in [0.15, 0.2) is 70.5 Å². The van der Waals surface area contributed by atoms with Gasteiger partial charge in [0, 0.05) is 19.6 Å². The Morgan fingerprint density at radius 3 is 1.01 bits per heavy atom. The summed E-state index contributed by atoms with van der Waals surface area (Å²) in [7, 11) is 0. The van der Waals surface area contributed by atoms with Crippen LogP contribution in [0.5, 0.6) is 34.5 Å². The largest absolute Gasteiger partial charge is 0.504 e. The van der Waals surface area contributed by atoms with E-state index in [4.69, 9.17) is 48.6 Å². The van der Waals surface area contributed by atoms with E-state index in [9.17, 15) is 78.6 Å². The molecule has 0 saturated carbocycles. The summed E-state index contributed by atoms with van der Waals surface area (Å²) < 4.78 is 17.0. The van der Waals surface area contributed by atoms with Crippen LogP contribution in [0.4, 0.5) is 4.79 Å². The van der Waals surface area contributed by atoms with Gasteiger partial charge in [0.25, 0.3) is 17.7 Å². The number of guanidine groups is 3. The molecule has 1 saturated heterocycles. The summed E-state index contributed by atoms with van der Waals surface area (Å²) >= 11 is 0. The predicted molar refractivity (Wildman–Crippen MR) is 304 cm³/mol. The van der Waals surface area contributed by atoms with Gasteiger partial charge < -0.3 is 111 Å². The number of rotatable bonds is 24. The van der Waals surface area contributed by atoms with Crippen LogP contribution < -0.4 is 71.6 Å². The van der Waals surface area contributed by atoms with Crippen molar-refractivity contribution in [3.05, 3.63) is 71.3 Å². The third-order valence-corrected chi connectivity index (χ3v) is 12.7. The number of hydrogen-bond donors (Lipinski definition) is 19. The van der Waals surface area contributed by atoms with E-state index in [1.165, 1.54) is 18.2 Å². The van der Waals surface area contributed by atoms with Crippen LogP contribution in [0.3, 0.4) is 0 Å². The number of phenols is 6. The molecule has 3 aromatic rings. The SMILES string of the molecule is CC1OC(=O)C(NC(=O)C(CCCN=C(N)N)NC(=O)c2cccc(O)c2O)C(C)OC(=O)C(NC(=O)C(CCCN=C(N)N)NC(=O)c2cccc(O)c2O)C(C)OC(=O)C1NC(=O)C(CCCN=C(N)N)NC(=O)NC(=O)c1cccc(O)c1O. The molecule has 9 atom stereocenters. The molecule has 0 aliphatic carbocycles. The molecule has 0 radical (unpaired) electrons. The minimum atomic E-state index is -2.16. The van der Waals surface area contributed by atoms with Gasteiger partial charge in [0.2, 0.25) is 17.7 Å². The number of nitrogens with zero attached hydrogens (tertiary/aromatic N) is 3. The number of amides is 8. The maximum atomic E-state index is 14.5. The topological polar surface area (TPSA) is 597 Å². The fourth-order valence-corrected chi connectivity index (χ4v) is 8.14. The van der Waals surface area contributed by atoms with Gasteiger partial charge >= 0.3 is 23.9 Å². The highest BCUT2D eigenvalue weighted by atomic mass is 16.6. The molecule has 25 N–H and O–H groups in total. The lowest BCUT2D eigenvalue weighted by atomic mass is 10.1. The highest BCUT2D eigenvalue weighted by Gasteiger charge is 2.44. The lowest BCUT2D eigenvalue weighted by Gasteiger charge is -2.33. The zero-order valence-corrected chi connectivity index (χ0v) is 47.1. The summed E-state index contributed by atoms with van der Waals surface area (Å²) in [6.45, 7) is 2.86. The second kappa shape index (κ2) is 32.1. The molecule has 472 valence electrons. The quantitative estimate of drug-likeness (QED) is 0.0101. The average molecular weight is 1220 g/mol. The zero-order valence-electron chi connectivity index (χ0n) is 47.1. The third kappa shape index (κ3) is 20.4. The van der Waals surface area contributed by atoms with Crippen molar-refractivity contribution in [3.63, 3.8) is 0 Å². The van der Waals surface area contributed by atoms with Gasteiger partial charge in [-0.25, -0.2) is 19.2 Å². The van der Waals surface area contributed by atoms with Crippen LogP contribution in [-0.2, 0) is 43.0 Å². The van der Waals surface area contributed by atoms with E-state index >= 15 is 0 Å². The van der Waals surface area contributed by atoms with Gasteiger partial charge in [0.05, 0.1) is 16.7 Å². The molecule has 1 fully saturated rings. The fourth-order valence-electron chi connectivity index (χ4n) is 8.14. The van der Waals surface area contributed by atoms with Gasteiger partial charge in [-0.05, 0) is 95.7 Å². The van der Waals surface area contributed by atoms with Crippen molar-refractivity contribution in [2.45, 2.75) is 114 Å². The summed E-state index contributed by atoms with van der Waals surface area (Å²) in [5.74, 6) is -17.3. The van der Waals surface area contributed by atoms with E-state index < -0.39 is 165 Å². The molecular formula is C52H70N16O19. The van der Waals surface area contributed by atoms with Crippen LogP contribution >= 0.6 is 0 Å². The van der Waals surface area contributed by atoms with E-state index in [2.05, 4.69) is 46.9 Å². The molecule has 0 bridgehead atoms. The number of nitrogens with two attached hydrogens (primary N) is 6. The number of para-hydroxylation sites is 3. The van der Waals surface area contributed by atoms with Gasteiger partial charge in [-0.15, -0.1) is 0 Å². The fraction of sp³-hybridized carbons (Fsp3) is 0.404. The number of ether oxygens (including phenoxy) is 3. The molecule has 35 nitrogen and oxygen atoms in total. The minimum Gasteiger partial charge on any atom is -0.504 e. The van der Waals surface area contributed by atoms with Crippen LogP contribution in [0.1, 0.15) is 90.4 Å². The summed E-state index contributed by atoms with van der Waals surface area (Å²) in [5, 5.41) is 77.2. The Hall–Kier alpha value is -11.0. The molecule has 4 rings (SSSR count). The summed E-state index contributed by atoms with van der Waals surface area (Å²) in [4.78, 5) is 152. The Bertz CT molecular complexity index is 3030. The van der Waals surface area contributed by atoms with Gasteiger partial charge in [-0.2, -0.15) is 0 Å². The van der Waals surface area contributed by atoms with Crippen LogP contribution in [0.25, 0.3) is 0 Å². The predicted octanol–water partition coefficient (Wildman–Crippen LogP) is -4.25. The first-order valence-corrected chi connectivity index (χ1v) is 26.5. The van der Waals surface area contributed by atoms with Gasteiger partial charge in [-0.1, -0.05) is 18.2 Å². The zero-order chi connectivity index (χ0) is 64.8. The average Bonchev–Trinajstić information content (AvgIpc) is 2.82. The Balaban J connectivity index is 1.81. The number of esters is 3. The Labute approximate surface area is 494 Å². The van der Waals surface area contributed by atoms with E-state index in [0.717, 1.165) is 57.2 Å². The van der Waals surface area contributed by atoms with Crippen LogP contribution in [0, 0.1) is 0 Å². The maximum absolute atomic E-state index is 14.5. The molecule has 9 unspecified atom stereocenters. The normalized spacial score (nSPS) is 18.6. The second-order valence-corrected chi connectivity index (χ2v) is 19.3. The highest BCUT2D eigenvalue weighted by Crippen LogP contribution is 2.30. The standard InChI is InChI=1S/C52H70N16O19/c1-22-34(65-43(78)28(13-7-19-59-49(53)54)62-40(75)25-10-4-16-31(69)37(25)72)47(82)87-24(3)36(67-45(80)30(15-9-21-61-51(57)58)64-52(84)68-42(77)27-12-6-18-33(71)39(27)74)48(83)86-23(2)35(46(81)85-22)66-44(79)29(14-8-20-60-50(55)56)63-41(76)26-11-5-17-32(70)38(26)73/h4-6,10-12,16-18,22-24,28-30,34-36,69-74H,7-9,13-15,19-21H2,1-3H3,(H,62,75)(H,63,76)(H,65,78)(H,66,79)(H,67,80)(H4,53,54,59)(H4,55,56,60)(H4,57,58,61)(H2,64,68,77,84). The first-order valence-electron chi connectivity index (χ1n) is 26.5. The Morgan fingerprint density at radius 1 is 0.448 bits per heavy atom. The van der Waals surface area contributed by atoms with Crippen molar-refractivity contribution in [3.8, 4) is 34.5 Å². The maximum Gasteiger partial charge on any atom is 0.332 e. The number of phenolic OH excluding ortho intramolecular Hbond substituents is 6. The molecule has 3 aromatic carbocycles.